The summed E-state index contributed by atoms with van der Waals surface area (Å²) in [7, 11) is 0. The molecule has 0 unspecified atom stereocenters. The second-order valence-corrected chi connectivity index (χ2v) is 1.82. The van der Waals surface area contributed by atoms with Crippen LogP contribution in [0.3, 0.4) is 0 Å². The van der Waals surface area contributed by atoms with Crippen molar-refractivity contribution in [2.24, 2.45) is 0 Å². The zero-order valence-corrected chi connectivity index (χ0v) is 5.29. The maximum absolute atomic E-state index is 12.5. The Bertz CT molecular complexity index is 278. The van der Waals surface area contributed by atoms with Crippen molar-refractivity contribution in [2.45, 2.75) is 0 Å². The van der Waals surface area contributed by atoms with E-state index in [1.54, 1.807) is 0 Å². The fourth-order valence-electron chi connectivity index (χ4n) is 0.276. The zero-order chi connectivity index (χ0) is 8.59. The van der Waals surface area contributed by atoms with Gasteiger partial charge in [-0.3, -0.25) is 0 Å². The SMILES string of the molecule is [2H]c1c(F)nc(Br)c([2H])c1[2H]. The van der Waals surface area contributed by atoms with Crippen LogP contribution in [0.25, 0.3) is 0 Å². The van der Waals surface area contributed by atoms with E-state index in [-0.39, 0.29) is 10.6 Å². The van der Waals surface area contributed by atoms with Gasteiger partial charge in [0.2, 0.25) is 5.95 Å². The smallest absolute Gasteiger partial charge is 0.213 e. The molecule has 0 radical (unpaired) electrons. The summed E-state index contributed by atoms with van der Waals surface area (Å²) in [5.74, 6) is -1.03. The molecule has 0 aliphatic carbocycles. The summed E-state index contributed by atoms with van der Waals surface area (Å²) < 4.78 is 33.5. The number of hydrogen-bond donors (Lipinski definition) is 0. The van der Waals surface area contributed by atoms with E-state index in [1.807, 2.05) is 0 Å². The number of halogens is 2. The number of rotatable bonds is 0. The molecule has 0 aliphatic rings. The van der Waals surface area contributed by atoms with Crippen LogP contribution in [0.15, 0.2) is 22.7 Å². The van der Waals surface area contributed by atoms with Crippen LogP contribution in [0.4, 0.5) is 4.39 Å². The Hall–Kier alpha value is -0.440. The monoisotopic (exact) mass is 178 g/mol. The molecule has 0 atom stereocenters. The minimum Gasteiger partial charge on any atom is -0.213 e. The van der Waals surface area contributed by atoms with E-state index < -0.39 is 18.0 Å². The van der Waals surface area contributed by atoms with Crippen molar-refractivity contribution in [3.05, 3.63) is 28.7 Å². The van der Waals surface area contributed by atoms with Gasteiger partial charge in [0.25, 0.3) is 0 Å². The van der Waals surface area contributed by atoms with Gasteiger partial charge < -0.3 is 0 Å². The van der Waals surface area contributed by atoms with Crippen LogP contribution < -0.4 is 0 Å². The predicted octanol–water partition coefficient (Wildman–Crippen LogP) is 1.98. The van der Waals surface area contributed by atoms with Gasteiger partial charge in [-0.1, -0.05) is 6.04 Å². The molecular formula is C5H3BrFN. The quantitative estimate of drug-likeness (QED) is 0.555. The highest BCUT2D eigenvalue weighted by atomic mass is 79.9. The molecule has 0 fully saturated rings. The maximum Gasteiger partial charge on any atom is 0.213 e. The van der Waals surface area contributed by atoms with E-state index >= 15 is 0 Å². The second-order valence-electron chi connectivity index (χ2n) is 1.07. The van der Waals surface area contributed by atoms with Gasteiger partial charge in [0.05, 0.1) is 4.11 Å². The van der Waals surface area contributed by atoms with E-state index in [0.717, 1.165) is 0 Å². The Labute approximate surface area is 58.9 Å². The lowest BCUT2D eigenvalue weighted by Crippen LogP contribution is -1.78. The Morgan fingerprint density at radius 2 is 2.50 bits per heavy atom. The van der Waals surface area contributed by atoms with E-state index in [4.69, 9.17) is 4.11 Å². The molecule has 1 nitrogen and oxygen atoms in total. The molecule has 0 saturated heterocycles. The van der Waals surface area contributed by atoms with Crippen LogP contribution in [-0.4, -0.2) is 4.98 Å². The molecule has 0 spiro atoms. The van der Waals surface area contributed by atoms with Crippen molar-refractivity contribution in [1.29, 1.82) is 0 Å². The first kappa shape index (κ1) is 2.92. The summed E-state index contributed by atoms with van der Waals surface area (Å²) >= 11 is 2.79. The van der Waals surface area contributed by atoms with Crippen molar-refractivity contribution in [2.75, 3.05) is 0 Å². The molecule has 0 amide bonds. The van der Waals surface area contributed by atoms with Gasteiger partial charge in [-0.25, -0.2) is 4.98 Å². The van der Waals surface area contributed by atoms with Crippen LogP contribution in [0, 0.1) is 5.95 Å². The highest BCUT2D eigenvalue weighted by Gasteiger charge is 1.87. The molecule has 1 aromatic heterocycles. The Balaban J connectivity index is 3.46. The van der Waals surface area contributed by atoms with Crippen molar-refractivity contribution in [3.63, 3.8) is 0 Å². The molecule has 0 aromatic carbocycles. The van der Waals surface area contributed by atoms with E-state index in [2.05, 4.69) is 20.9 Å². The molecule has 1 aromatic rings. The lowest BCUT2D eigenvalue weighted by atomic mass is 10.5. The van der Waals surface area contributed by atoms with E-state index in [9.17, 15) is 4.39 Å². The average molecular weight is 179 g/mol. The van der Waals surface area contributed by atoms with Gasteiger partial charge in [-0.05, 0) is 28.0 Å². The number of nitrogens with zero attached hydrogens (tertiary/aromatic N) is 1. The molecule has 1 heterocycles. The van der Waals surface area contributed by atoms with Gasteiger partial charge in [0.1, 0.15) is 4.60 Å². The number of aromatic nitrogens is 1. The summed E-state index contributed by atoms with van der Waals surface area (Å²) in [5, 5.41) is 0. The summed E-state index contributed by atoms with van der Waals surface area (Å²) in [6.07, 6.45) is 0. The molecule has 42 valence electrons. The van der Waals surface area contributed by atoms with Gasteiger partial charge in [-0.2, -0.15) is 4.39 Å². The third kappa shape index (κ3) is 1.26. The van der Waals surface area contributed by atoms with Crippen LogP contribution in [0.1, 0.15) is 4.11 Å². The molecular weight excluding hydrogens is 173 g/mol. The van der Waals surface area contributed by atoms with Crippen LogP contribution in [0.2, 0.25) is 0 Å². The minimum atomic E-state index is -1.03. The molecule has 3 heteroatoms. The first-order valence-electron chi connectivity index (χ1n) is 3.33. The molecule has 1 rings (SSSR count). The van der Waals surface area contributed by atoms with E-state index in [1.165, 1.54) is 0 Å². The first-order chi connectivity index (χ1) is 5.04. The van der Waals surface area contributed by atoms with Gasteiger partial charge in [0.15, 0.2) is 0 Å². The van der Waals surface area contributed by atoms with Crippen molar-refractivity contribution in [1.82, 2.24) is 4.98 Å². The molecule has 8 heavy (non-hydrogen) atoms. The predicted molar refractivity (Wildman–Crippen MR) is 31.9 cm³/mol. The lowest BCUT2D eigenvalue weighted by molar-refractivity contribution is 0.581. The molecule has 0 aliphatic heterocycles. The Morgan fingerprint density at radius 3 is 3.25 bits per heavy atom. The summed E-state index contributed by atoms with van der Waals surface area (Å²) in [5.41, 5.74) is 0. The van der Waals surface area contributed by atoms with E-state index in [0.29, 0.717) is 0 Å². The first-order valence-corrected chi connectivity index (χ1v) is 2.62. The third-order valence-electron chi connectivity index (χ3n) is 0.528. The highest BCUT2D eigenvalue weighted by Crippen LogP contribution is 2.03. The van der Waals surface area contributed by atoms with Gasteiger partial charge >= 0.3 is 0 Å². The normalized spacial score (nSPS) is 14.5. The second kappa shape index (κ2) is 2.22. The summed E-state index contributed by atoms with van der Waals surface area (Å²) in [6, 6.07) is -1.36. The minimum absolute atomic E-state index is 0.0454. The zero-order valence-electron chi connectivity index (χ0n) is 6.70. The fraction of sp³-hybridized carbons (Fsp3) is 0. The topological polar surface area (TPSA) is 12.9 Å². The largest absolute Gasteiger partial charge is 0.213 e. The number of hydrogen-bond acceptors (Lipinski definition) is 1. The third-order valence-corrected chi connectivity index (χ3v) is 0.903. The maximum atomic E-state index is 12.5. The lowest BCUT2D eigenvalue weighted by Gasteiger charge is -1.85. The molecule has 0 N–H and O–H groups in total. The Morgan fingerprint density at radius 1 is 1.75 bits per heavy atom. The molecule has 0 saturated carbocycles. The molecule has 0 bridgehead atoms. The van der Waals surface area contributed by atoms with Crippen LogP contribution >= 0.6 is 15.9 Å². The summed E-state index contributed by atoms with van der Waals surface area (Å²) in [4.78, 5) is 3.19. The number of pyridine rings is 1. The van der Waals surface area contributed by atoms with Gasteiger partial charge in [0, 0.05) is 0 Å². The highest BCUT2D eigenvalue weighted by molar-refractivity contribution is 9.10. The van der Waals surface area contributed by atoms with Gasteiger partial charge in [-0.15, -0.1) is 0 Å². The Kier molecular flexibility index (Phi) is 0.809. The summed E-state index contributed by atoms with van der Waals surface area (Å²) in [6.45, 7) is 0. The standard InChI is InChI=1S/C5H3BrFN/c6-4-2-1-3-5(7)8-4/h1-3H/i1D,2D,3D. The fourth-order valence-corrected chi connectivity index (χ4v) is 0.531. The van der Waals surface area contributed by atoms with Crippen molar-refractivity contribution < 1.29 is 8.50 Å². The van der Waals surface area contributed by atoms with Crippen LogP contribution in [0.5, 0.6) is 0 Å². The van der Waals surface area contributed by atoms with Crippen LogP contribution in [-0.2, 0) is 0 Å². The van der Waals surface area contributed by atoms with Crippen molar-refractivity contribution in [3.8, 4) is 0 Å². The van der Waals surface area contributed by atoms with Crippen molar-refractivity contribution >= 4 is 15.9 Å². The average Bonchev–Trinajstić information content (AvgIpc) is 1.97.